The van der Waals surface area contributed by atoms with E-state index in [9.17, 15) is 0 Å². The lowest BCUT2D eigenvalue weighted by Crippen LogP contribution is -2.42. The Morgan fingerprint density at radius 2 is 1.83 bits per heavy atom. The van der Waals surface area contributed by atoms with Gasteiger partial charge in [-0.15, -0.1) is 12.4 Å². The van der Waals surface area contributed by atoms with Gasteiger partial charge in [-0.2, -0.15) is 0 Å². The fourth-order valence-electron chi connectivity index (χ4n) is 3.17. The first kappa shape index (κ1) is 18.4. The van der Waals surface area contributed by atoms with Crippen LogP contribution in [0.15, 0.2) is 18.2 Å². The van der Waals surface area contributed by atoms with E-state index in [2.05, 4.69) is 16.3 Å². The molecule has 1 aromatic carbocycles. The smallest absolute Gasteiger partial charge is 0.127 e. The Morgan fingerprint density at radius 3 is 2.43 bits per heavy atom. The minimum atomic E-state index is 0. The third-order valence-electron chi connectivity index (χ3n) is 4.87. The van der Waals surface area contributed by atoms with Gasteiger partial charge in [0.15, 0.2) is 0 Å². The van der Waals surface area contributed by atoms with Crippen molar-refractivity contribution in [2.45, 2.75) is 38.3 Å². The van der Waals surface area contributed by atoms with Gasteiger partial charge in [0.2, 0.25) is 0 Å². The van der Waals surface area contributed by atoms with E-state index in [4.69, 9.17) is 9.47 Å². The summed E-state index contributed by atoms with van der Waals surface area (Å²) < 4.78 is 10.8. The monoisotopic (exact) mass is 340 g/mol. The standard InChI is InChI=1S/C18H28N2O2.ClH/c1-21-17-6-5-15(18(11-17)22-2)13-20-9-7-16(8-10-20)19-12-14-3-4-14;/h5-6,11,14,16,19H,3-4,7-10,12-13H2,1-2H3;1H. The molecule has 23 heavy (non-hydrogen) atoms. The minimum Gasteiger partial charge on any atom is -0.497 e. The number of halogens is 1. The van der Waals surface area contributed by atoms with Crippen LogP contribution >= 0.6 is 12.4 Å². The highest BCUT2D eigenvalue weighted by molar-refractivity contribution is 5.85. The van der Waals surface area contributed by atoms with Crippen LogP contribution in [0.25, 0.3) is 0 Å². The van der Waals surface area contributed by atoms with Gasteiger partial charge >= 0.3 is 0 Å². The predicted octanol–water partition coefficient (Wildman–Crippen LogP) is 3.09. The van der Waals surface area contributed by atoms with E-state index in [0.29, 0.717) is 0 Å². The lowest BCUT2D eigenvalue weighted by molar-refractivity contribution is 0.188. The first-order chi connectivity index (χ1) is 10.8. The molecule has 1 aromatic rings. The molecule has 0 radical (unpaired) electrons. The highest BCUT2D eigenvalue weighted by Gasteiger charge is 2.24. The number of nitrogens with one attached hydrogen (secondary N) is 1. The number of methoxy groups -OCH3 is 2. The van der Waals surface area contributed by atoms with Gasteiger partial charge in [0.05, 0.1) is 14.2 Å². The molecule has 2 fully saturated rings. The van der Waals surface area contributed by atoms with E-state index in [1.807, 2.05) is 12.1 Å². The van der Waals surface area contributed by atoms with E-state index in [1.165, 1.54) is 37.8 Å². The van der Waals surface area contributed by atoms with Gasteiger partial charge in [0.25, 0.3) is 0 Å². The Hall–Kier alpha value is -0.970. The van der Waals surface area contributed by atoms with E-state index in [-0.39, 0.29) is 12.4 Å². The maximum atomic E-state index is 5.50. The Kier molecular flexibility index (Phi) is 7.00. The second kappa shape index (κ2) is 8.76. The molecular formula is C18H29ClN2O2. The Balaban J connectivity index is 0.00000192. The number of rotatable bonds is 7. The third kappa shape index (κ3) is 5.27. The van der Waals surface area contributed by atoms with Crippen molar-refractivity contribution in [3.8, 4) is 11.5 Å². The summed E-state index contributed by atoms with van der Waals surface area (Å²) in [5, 5.41) is 3.74. The lowest BCUT2D eigenvalue weighted by Gasteiger charge is -2.32. The van der Waals surface area contributed by atoms with Crippen LogP contribution in [0.4, 0.5) is 0 Å². The summed E-state index contributed by atoms with van der Waals surface area (Å²) in [5.74, 6) is 2.75. The third-order valence-corrected chi connectivity index (χ3v) is 4.87. The van der Waals surface area contributed by atoms with Crippen LogP contribution in [0.5, 0.6) is 11.5 Å². The number of ether oxygens (including phenoxy) is 2. The van der Waals surface area contributed by atoms with Crippen LogP contribution in [0, 0.1) is 5.92 Å². The maximum Gasteiger partial charge on any atom is 0.127 e. The minimum absolute atomic E-state index is 0. The Labute approximate surface area is 145 Å². The molecule has 1 aliphatic heterocycles. The average Bonchev–Trinajstić information content (AvgIpc) is 3.39. The summed E-state index contributed by atoms with van der Waals surface area (Å²) in [7, 11) is 3.42. The van der Waals surface area contributed by atoms with Gasteiger partial charge in [-0.25, -0.2) is 0 Å². The number of hydrogen-bond donors (Lipinski definition) is 1. The number of likely N-dealkylation sites (tertiary alicyclic amines) is 1. The summed E-state index contributed by atoms with van der Waals surface area (Å²) in [6, 6.07) is 6.82. The van der Waals surface area contributed by atoms with Crippen LogP contribution in [0.2, 0.25) is 0 Å². The highest BCUT2D eigenvalue weighted by Crippen LogP contribution is 2.29. The number of piperidine rings is 1. The predicted molar refractivity (Wildman–Crippen MR) is 95.8 cm³/mol. The molecule has 130 valence electrons. The Morgan fingerprint density at radius 1 is 1.09 bits per heavy atom. The molecular weight excluding hydrogens is 312 g/mol. The van der Waals surface area contributed by atoms with Crippen molar-refractivity contribution in [1.29, 1.82) is 0 Å². The maximum absolute atomic E-state index is 5.50. The van der Waals surface area contributed by atoms with Gasteiger partial charge in [-0.05, 0) is 57.3 Å². The van der Waals surface area contributed by atoms with Crippen LogP contribution in [-0.2, 0) is 6.54 Å². The lowest BCUT2D eigenvalue weighted by atomic mass is 10.0. The molecule has 0 spiro atoms. The summed E-state index contributed by atoms with van der Waals surface area (Å²) in [6.45, 7) is 4.52. The Bertz CT molecular complexity index is 486. The molecule has 1 saturated heterocycles. The molecule has 1 saturated carbocycles. The van der Waals surface area contributed by atoms with Crippen molar-refractivity contribution < 1.29 is 9.47 Å². The van der Waals surface area contributed by atoms with Gasteiger partial charge in [0.1, 0.15) is 11.5 Å². The van der Waals surface area contributed by atoms with Crippen molar-refractivity contribution in [2.24, 2.45) is 5.92 Å². The van der Waals surface area contributed by atoms with E-state index in [1.54, 1.807) is 14.2 Å². The quantitative estimate of drug-likeness (QED) is 0.827. The first-order valence-electron chi connectivity index (χ1n) is 8.45. The fourth-order valence-corrected chi connectivity index (χ4v) is 3.17. The average molecular weight is 341 g/mol. The second-order valence-corrected chi connectivity index (χ2v) is 6.58. The summed E-state index contributed by atoms with van der Waals surface area (Å²) in [5.41, 5.74) is 1.24. The van der Waals surface area contributed by atoms with E-state index in [0.717, 1.165) is 43.1 Å². The topological polar surface area (TPSA) is 33.7 Å². The second-order valence-electron chi connectivity index (χ2n) is 6.58. The SMILES string of the molecule is COc1ccc(CN2CCC(NCC3CC3)CC2)c(OC)c1.Cl. The zero-order valence-electron chi connectivity index (χ0n) is 14.2. The van der Waals surface area contributed by atoms with Crippen molar-refractivity contribution in [3.05, 3.63) is 23.8 Å². The largest absolute Gasteiger partial charge is 0.497 e. The summed E-state index contributed by atoms with van der Waals surface area (Å²) in [4.78, 5) is 2.53. The van der Waals surface area contributed by atoms with Crippen LogP contribution in [0.3, 0.4) is 0 Å². The molecule has 0 atom stereocenters. The molecule has 1 heterocycles. The molecule has 0 bridgehead atoms. The van der Waals surface area contributed by atoms with E-state index < -0.39 is 0 Å². The van der Waals surface area contributed by atoms with Crippen LogP contribution in [-0.4, -0.2) is 44.8 Å². The van der Waals surface area contributed by atoms with Gasteiger partial charge < -0.3 is 14.8 Å². The molecule has 0 aromatic heterocycles. The first-order valence-corrected chi connectivity index (χ1v) is 8.45. The van der Waals surface area contributed by atoms with Crippen LogP contribution < -0.4 is 14.8 Å². The summed E-state index contributed by atoms with van der Waals surface area (Å²) in [6.07, 6.45) is 5.38. The van der Waals surface area contributed by atoms with Crippen molar-refractivity contribution in [2.75, 3.05) is 33.9 Å². The van der Waals surface area contributed by atoms with Gasteiger partial charge in [-0.3, -0.25) is 4.90 Å². The molecule has 4 nitrogen and oxygen atoms in total. The normalized spacial score (nSPS) is 19.2. The fraction of sp³-hybridized carbons (Fsp3) is 0.667. The molecule has 5 heteroatoms. The van der Waals surface area contributed by atoms with E-state index >= 15 is 0 Å². The highest BCUT2D eigenvalue weighted by atomic mass is 35.5. The summed E-state index contributed by atoms with van der Waals surface area (Å²) >= 11 is 0. The van der Waals surface area contributed by atoms with Gasteiger partial charge in [-0.1, -0.05) is 6.07 Å². The van der Waals surface area contributed by atoms with Crippen molar-refractivity contribution in [3.63, 3.8) is 0 Å². The zero-order chi connectivity index (χ0) is 15.4. The molecule has 1 N–H and O–H groups in total. The molecule has 0 amide bonds. The van der Waals surface area contributed by atoms with Crippen molar-refractivity contribution in [1.82, 2.24) is 10.2 Å². The number of nitrogens with zero attached hydrogens (tertiary/aromatic N) is 1. The molecule has 3 rings (SSSR count). The number of hydrogen-bond acceptors (Lipinski definition) is 4. The molecule has 0 unspecified atom stereocenters. The van der Waals surface area contributed by atoms with Gasteiger partial charge in [0, 0.05) is 24.2 Å². The molecule has 1 aliphatic carbocycles. The number of benzene rings is 1. The molecule has 2 aliphatic rings. The van der Waals surface area contributed by atoms with Crippen molar-refractivity contribution >= 4 is 12.4 Å². The zero-order valence-corrected chi connectivity index (χ0v) is 15.0. The van der Waals surface area contributed by atoms with Crippen LogP contribution in [0.1, 0.15) is 31.2 Å².